The number of rotatable bonds is 5. The first-order valence-corrected chi connectivity index (χ1v) is 7.71. The molecule has 0 saturated heterocycles. The molecule has 1 unspecified atom stereocenters. The summed E-state index contributed by atoms with van der Waals surface area (Å²) in [6.07, 6.45) is 0.720. The minimum absolute atomic E-state index is 0.0362. The van der Waals surface area contributed by atoms with Crippen LogP contribution in [-0.4, -0.2) is 14.5 Å². The number of hydrogen-bond acceptors (Lipinski definition) is 3. The van der Waals surface area contributed by atoms with Gasteiger partial charge in [-0.1, -0.05) is 32.4 Å². The molecule has 0 bridgehead atoms. The van der Waals surface area contributed by atoms with Crippen LogP contribution in [-0.2, 0) is 10.0 Å². The third kappa shape index (κ3) is 3.60. The summed E-state index contributed by atoms with van der Waals surface area (Å²) in [6, 6.07) is 4.31. The quantitative estimate of drug-likeness (QED) is 0.819. The first kappa shape index (κ1) is 15.3. The van der Waals surface area contributed by atoms with Gasteiger partial charge in [0.2, 0.25) is 10.0 Å². The first-order valence-electron chi connectivity index (χ1n) is 5.85. The van der Waals surface area contributed by atoms with E-state index >= 15 is 0 Å². The number of nitrogens with two attached hydrogens (primary N) is 1. The van der Waals surface area contributed by atoms with Crippen LogP contribution in [0.25, 0.3) is 0 Å². The van der Waals surface area contributed by atoms with Crippen molar-refractivity contribution in [2.24, 2.45) is 5.92 Å². The summed E-state index contributed by atoms with van der Waals surface area (Å²) in [5.74, 6) is 0.213. The Balaban J connectivity index is 3.10. The second-order valence-corrected chi connectivity index (χ2v) is 6.68. The van der Waals surface area contributed by atoms with Crippen LogP contribution in [0.1, 0.15) is 27.2 Å². The van der Waals surface area contributed by atoms with Crippen LogP contribution in [0, 0.1) is 5.92 Å². The van der Waals surface area contributed by atoms with Crippen LogP contribution >= 0.6 is 11.6 Å². The van der Waals surface area contributed by atoms with E-state index in [1.807, 2.05) is 20.8 Å². The van der Waals surface area contributed by atoms with Crippen LogP contribution in [0.4, 0.5) is 5.69 Å². The molecule has 0 aliphatic carbocycles. The molecular formula is C12H19ClN2O2S. The summed E-state index contributed by atoms with van der Waals surface area (Å²) in [7, 11) is -3.63. The minimum Gasteiger partial charge on any atom is -0.398 e. The van der Waals surface area contributed by atoms with E-state index in [1.54, 1.807) is 6.07 Å². The normalized spacial score (nSPS) is 13.8. The average molecular weight is 291 g/mol. The zero-order valence-electron chi connectivity index (χ0n) is 10.8. The Hall–Kier alpha value is -0.780. The maximum atomic E-state index is 12.2. The number of nitrogen functional groups attached to an aromatic ring is 1. The van der Waals surface area contributed by atoms with E-state index in [2.05, 4.69) is 4.72 Å². The van der Waals surface area contributed by atoms with Gasteiger partial charge >= 0.3 is 0 Å². The van der Waals surface area contributed by atoms with Crippen LogP contribution in [0.2, 0.25) is 5.02 Å². The predicted molar refractivity (Wildman–Crippen MR) is 75.1 cm³/mol. The molecule has 102 valence electrons. The summed E-state index contributed by atoms with van der Waals surface area (Å²) < 4.78 is 27.1. The molecule has 1 rings (SSSR count). The SMILES string of the molecule is CCC(NS(=O)(=O)c1cc(Cl)ccc1N)C(C)C. The smallest absolute Gasteiger partial charge is 0.242 e. The first-order chi connectivity index (χ1) is 8.27. The lowest BCUT2D eigenvalue weighted by Crippen LogP contribution is -2.38. The zero-order chi connectivity index (χ0) is 13.9. The lowest BCUT2D eigenvalue weighted by molar-refractivity contribution is 0.437. The zero-order valence-corrected chi connectivity index (χ0v) is 12.3. The van der Waals surface area contributed by atoms with E-state index in [1.165, 1.54) is 12.1 Å². The molecule has 1 aromatic rings. The van der Waals surface area contributed by atoms with Crippen molar-refractivity contribution in [3.05, 3.63) is 23.2 Å². The molecule has 1 atom stereocenters. The number of sulfonamides is 1. The fourth-order valence-electron chi connectivity index (χ4n) is 1.69. The molecule has 4 nitrogen and oxygen atoms in total. The Kier molecular flexibility index (Phi) is 5.01. The number of nitrogens with one attached hydrogen (secondary N) is 1. The van der Waals surface area contributed by atoms with E-state index in [0.717, 1.165) is 6.42 Å². The van der Waals surface area contributed by atoms with Gasteiger partial charge in [0.05, 0.1) is 5.69 Å². The molecule has 0 radical (unpaired) electrons. The van der Waals surface area contributed by atoms with Crippen molar-refractivity contribution in [3.63, 3.8) is 0 Å². The molecule has 0 aliphatic rings. The second kappa shape index (κ2) is 5.91. The molecule has 18 heavy (non-hydrogen) atoms. The Bertz CT molecular complexity index is 515. The number of halogens is 1. The molecule has 0 heterocycles. The van der Waals surface area contributed by atoms with Gasteiger partial charge in [0.15, 0.2) is 0 Å². The maximum Gasteiger partial charge on any atom is 0.242 e. The Labute approximate surface area is 114 Å². The van der Waals surface area contributed by atoms with Gasteiger partial charge in [0.1, 0.15) is 4.90 Å². The molecule has 3 N–H and O–H groups in total. The van der Waals surface area contributed by atoms with Gasteiger partial charge in [-0.3, -0.25) is 0 Å². The number of hydrogen-bond donors (Lipinski definition) is 2. The third-order valence-electron chi connectivity index (χ3n) is 2.82. The highest BCUT2D eigenvalue weighted by Crippen LogP contribution is 2.23. The van der Waals surface area contributed by atoms with Gasteiger partial charge in [0.25, 0.3) is 0 Å². The predicted octanol–water partition coefficient (Wildman–Crippen LogP) is 2.64. The fourth-order valence-corrected chi connectivity index (χ4v) is 3.56. The van der Waals surface area contributed by atoms with Crippen LogP contribution in [0.3, 0.4) is 0 Å². The van der Waals surface area contributed by atoms with E-state index in [4.69, 9.17) is 17.3 Å². The lowest BCUT2D eigenvalue weighted by Gasteiger charge is -2.21. The molecular weight excluding hydrogens is 272 g/mol. The Morgan fingerprint density at radius 2 is 2.00 bits per heavy atom. The minimum atomic E-state index is -3.63. The highest BCUT2D eigenvalue weighted by atomic mass is 35.5. The summed E-state index contributed by atoms with van der Waals surface area (Å²) >= 11 is 5.81. The van der Waals surface area contributed by atoms with Crippen molar-refractivity contribution in [3.8, 4) is 0 Å². The average Bonchev–Trinajstić information content (AvgIpc) is 2.28. The molecule has 0 aromatic heterocycles. The van der Waals surface area contributed by atoms with E-state index in [0.29, 0.717) is 5.02 Å². The third-order valence-corrected chi connectivity index (χ3v) is 4.60. The van der Waals surface area contributed by atoms with E-state index in [9.17, 15) is 8.42 Å². The molecule has 1 aromatic carbocycles. The molecule has 0 spiro atoms. The highest BCUT2D eigenvalue weighted by Gasteiger charge is 2.23. The Morgan fingerprint density at radius 1 is 1.39 bits per heavy atom. The van der Waals surface area contributed by atoms with E-state index < -0.39 is 10.0 Å². The van der Waals surface area contributed by atoms with Crippen molar-refractivity contribution in [2.75, 3.05) is 5.73 Å². The van der Waals surface area contributed by atoms with Crippen LogP contribution in [0.5, 0.6) is 0 Å². The van der Waals surface area contributed by atoms with Gasteiger partial charge in [-0.2, -0.15) is 0 Å². The number of benzene rings is 1. The second-order valence-electron chi connectivity index (χ2n) is 4.56. The molecule has 0 amide bonds. The van der Waals surface area contributed by atoms with Gasteiger partial charge in [-0.05, 0) is 30.5 Å². The molecule has 6 heteroatoms. The van der Waals surface area contributed by atoms with Crippen molar-refractivity contribution >= 4 is 27.3 Å². The topological polar surface area (TPSA) is 72.2 Å². The summed E-state index contributed by atoms with van der Waals surface area (Å²) in [4.78, 5) is 0.0362. The van der Waals surface area contributed by atoms with Crippen molar-refractivity contribution < 1.29 is 8.42 Å². The lowest BCUT2D eigenvalue weighted by atomic mass is 10.0. The maximum absolute atomic E-state index is 12.2. The number of anilines is 1. The van der Waals surface area contributed by atoms with Crippen LogP contribution in [0.15, 0.2) is 23.1 Å². The fraction of sp³-hybridized carbons (Fsp3) is 0.500. The van der Waals surface area contributed by atoms with E-state index in [-0.39, 0.29) is 22.5 Å². The molecule has 0 aliphatic heterocycles. The Morgan fingerprint density at radius 3 is 2.50 bits per heavy atom. The highest BCUT2D eigenvalue weighted by molar-refractivity contribution is 7.89. The largest absolute Gasteiger partial charge is 0.398 e. The van der Waals surface area contributed by atoms with Crippen molar-refractivity contribution in [1.29, 1.82) is 0 Å². The van der Waals surface area contributed by atoms with Gasteiger partial charge in [-0.15, -0.1) is 0 Å². The molecule has 0 fully saturated rings. The monoisotopic (exact) mass is 290 g/mol. The van der Waals surface area contributed by atoms with Gasteiger partial charge < -0.3 is 5.73 Å². The van der Waals surface area contributed by atoms with Crippen molar-refractivity contribution in [1.82, 2.24) is 4.72 Å². The van der Waals surface area contributed by atoms with Crippen molar-refractivity contribution in [2.45, 2.75) is 38.1 Å². The van der Waals surface area contributed by atoms with Crippen LogP contribution < -0.4 is 10.5 Å². The molecule has 0 saturated carbocycles. The summed E-state index contributed by atoms with van der Waals surface area (Å²) in [5.41, 5.74) is 5.89. The summed E-state index contributed by atoms with van der Waals surface area (Å²) in [5, 5.41) is 0.349. The van der Waals surface area contributed by atoms with Gasteiger partial charge in [-0.25, -0.2) is 13.1 Å². The summed E-state index contributed by atoms with van der Waals surface area (Å²) in [6.45, 7) is 5.88. The van der Waals surface area contributed by atoms with Gasteiger partial charge in [0, 0.05) is 11.1 Å². The standard InChI is InChI=1S/C12H19ClN2O2S/c1-4-11(8(2)3)15-18(16,17)12-7-9(13)5-6-10(12)14/h5-8,11,15H,4,14H2,1-3H3.